The van der Waals surface area contributed by atoms with E-state index in [1.165, 1.54) is 15.5 Å². The standard InChI is InChI=1S/C28H27ClF5N5O3S/c1-3-22(40)37-5-7-38(8-6-37)26-17-10-18(28(32,33)34)23(16-11-19(29)21(31)12-20(16)30)25-24(17)39(27(41)36-26)13-15(14-43-25)42-9-4-35-2/h3,10-12,15,35H,1,4-9,13-14H2,2H3. The SMILES string of the molecule is C=CC(=O)N1CCN(c2nc(=O)n3c4c(c(-c5cc(Cl)c(F)cc5F)c(C(F)(F)F)cc24)SCC(OCCNC)C3)CC1. The van der Waals surface area contributed by atoms with Gasteiger partial charge in [-0.1, -0.05) is 18.2 Å². The lowest BCUT2D eigenvalue weighted by molar-refractivity contribution is -0.137. The molecule has 1 N–H and O–H groups in total. The second kappa shape index (κ2) is 12.4. The van der Waals surface area contributed by atoms with Gasteiger partial charge in [-0.3, -0.25) is 9.36 Å². The first-order valence-corrected chi connectivity index (χ1v) is 14.7. The fourth-order valence-electron chi connectivity index (χ4n) is 5.28. The number of carbonyl (C=O) groups excluding carboxylic acids is 1. The number of ether oxygens (including phenoxy) is 1. The summed E-state index contributed by atoms with van der Waals surface area (Å²) in [6, 6.07) is 2.12. The van der Waals surface area contributed by atoms with Gasteiger partial charge in [-0.05, 0) is 25.3 Å². The molecular weight excluding hydrogens is 617 g/mol. The van der Waals surface area contributed by atoms with Gasteiger partial charge in [0.25, 0.3) is 0 Å². The van der Waals surface area contributed by atoms with Crippen LogP contribution in [0.25, 0.3) is 22.0 Å². The lowest BCUT2D eigenvalue weighted by Gasteiger charge is -2.35. The van der Waals surface area contributed by atoms with E-state index in [0.717, 1.165) is 23.9 Å². The van der Waals surface area contributed by atoms with Crippen molar-refractivity contribution in [3.05, 3.63) is 63.6 Å². The number of piperazine rings is 1. The maximum Gasteiger partial charge on any atom is 0.417 e. The van der Waals surface area contributed by atoms with Gasteiger partial charge in [0, 0.05) is 66.0 Å². The Bertz CT molecular complexity index is 1640. The Labute approximate surface area is 252 Å². The molecule has 0 saturated carbocycles. The molecule has 8 nitrogen and oxygen atoms in total. The Morgan fingerprint density at radius 3 is 2.58 bits per heavy atom. The fraction of sp³-hybridized carbons (Fsp3) is 0.393. The van der Waals surface area contributed by atoms with Crippen LogP contribution >= 0.6 is 23.4 Å². The molecule has 1 atom stereocenters. The molecule has 1 amide bonds. The molecule has 2 aliphatic rings. The maximum atomic E-state index is 15.2. The van der Waals surface area contributed by atoms with Gasteiger partial charge in [0.15, 0.2) is 0 Å². The van der Waals surface area contributed by atoms with E-state index in [-0.39, 0.29) is 72.6 Å². The van der Waals surface area contributed by atoms with Crippen LogP contribution in [0.1, 0.15) is 5.56 Å². The molecule has 1 fully saturated rings. The summed E-state index contributed by atoms with van der Waals surface area (Å²) in [5.74, 6) is -2.48. The molecule has 230 valence electrons. The summed E-state index contributed by atoms with van der Waals surface area (Å²) < 4.78 is 80.9. The van der Waals surface area contributed by atoms with E-state index in [1.807, 2.05) is 0 Å². The minimum absolute atomic E-state index is 0.00853. The Morgan fingerprint density at radius 2 is 1.93 bits per heavy atom. The van der Waals surface area contributed by atoms with Gasteiger partial charge in [0.1, 0.15) is 17.5 Å². The van der Waals surface area contributed by atoms with Crippen molar-refractivity contribution in [2.45, 2.75) is 23.7 Å². The first kappa shape index (κ1) is 31.2. The number of carbonyl (C=O) groups is 1. The van der Waals surface area contributed by atoms with Crippen LogP contribution in [0, 0.1) is 11.6 Å². The Morgan fingerprint density at radius 1 is 1.21 bits per heavy atom. The Hall–Kier alpha value is -3.20. The number of alkyl halides is 3. The van der Waals surface area contributed by atoms with Crippen LogP contribution in [-0.2, 0) is 22.3 Å². The molecule has 15 heteroatoms. The normalized spacial score (nSPS) is 17.3. The average Bonchev–Trinajstić information content (AvgIpc) is 3.17. The number of aromatic nitrogens is 2. The van der Waals surface area contributed by atoms with Gasteiger partial charge in [0.05, 0.1) is 35.4 Å². The second-order valence-corrected chi connectivity index (χ2v) is 11.5. The summed E-state index contributed by atoms with van der Waals surface area (Å²) in [5.41, 5.74) is -2.88. The molecule has 3 aromatic rings. The van der Waals surface area contributed by atoms with Crippen molar-refractivity contribution in [2.75, 3.05) is 57.0 Å². The van der Waals surface area contributed by atoms with E-state index in [9.17, 15) is 27.2 Å². The van der Waals surface area contributed by atoms with Crippen molar-refractivity contribution in [3.63, 3.8) is 0 Å². The first-order chi connectivity index (χ1) is 20.4. The smallest absolute Gasteiger partial charge is 0.374 e. The summed E-state index contributed by atoms with van der Waals surface area (Å²) >= 11 is 6.91. The van der Waals surface area contributed by atoms with Crippen LogP contribution in [0.15, 0.2) is 40.5 Å². The van der Waals surface area contributed by atoms with Crippen molar-refractivity contribution in [3.8, 4) is 11.1 Å². The highest BCUT2D eigenvalue weighted by Gasteiger charge is 2.39. The van der Waals surface area contributed by atoms with Gasteiger partial charge in [0.2, 0.25) is 5.91 Å². The van der Waals surface area contributed by atoms with Crippen molar-refractivity contribution in [2.24, 2.45) is 0 Å². The summed E-state index contributed by atoms with van der Waals surface area (Å²) in [7, 11) is 1.73. The molecule has 0 radical (unpaired) electrons. The zero-order valence-corrected chi connectivity index (χ0v) is 24.5. The number of likely N-dealkylation sites (N-methyl/N-ethyl adjacent to an activating group) is 1. The molecule has 2 aliphatic heterocycles. The minimum atomic E-state index is -4.98. The van der Waals surface area contributed by atoms with Crippen molar-refractivity contribution in [1.29, 1.82) is 0 Å². The Kier molecular flexibility index (Phi) is 9.02. The lowest BCUT2D eigenvalue weighted by Crippen LogP contribution is -2.49. The van der Waals surface area contributed by atoms with Gasteiger partial charge in [-0.25, -0.2) is 13.6 Å². The summed E-state index contributed by atoms with van der Waals surface area (Å²) in [6.07, 6.45) is -4.39. The number of halogens is 6. The number of anilines is 1. The molecule has 43 heavy (non-hydrogen) atoms. The quantitative estimate of drug-likeness (QED) is 0.175. The lowest BCUT2D eigenvalue weighted by atomic mass is 9.95. The van der Waals surface area contributed by atoms with E-state index in [2.05, 4.69) is 16.9 Å². The number of nitrogens with zero attached hydrogens (tertiary/aromatic N) is 4. The largest absolute Gasteiger partial charge is 0.417 e. The van der Waals surface area contributed by atoms with E-state index < -0.39 is 51.3 Å². The van der Waals surface area contributed by atoms with E-state index in [0.29, 0.717) is 12.6 Å². The second-order valence-electron chi connectivity index (χ2n) is 10.0. The Balaban J connectivity index is 1.78. The molecule has 0 spiro atoms. The van der Waals surface area contributed by atoms with Gasteiger partial charge < -0.3 is 19.9 Å². The third-order valence-electron chi connectivity index (χ3n) is 7.35. The van der Waals surface area contributed by atoms with E-state index >= 15 is 4.39 Å². The molecule has 1 unspecified atom stereocenters. The van der Waals surface area contributed by atoms with Gasteiger partial charge in [-0.2, -0.15) is 18.2 Å². The predicted octanol–water partition coefficient (Wildman–Crippen LogP) is 4.56. The van der Waals surface area contributed by atoms with Crippen LogP contribution in [0.4, 0.5) is 27.8 Å². The molecule has 0 aliphatic carbocycles. The van der Waals surface area contributed by atoms with E-state index in [1.54, 1.807) is 11.9 Å². The number of hydrogen-bond acceptors (Lipinski definition) is 7. The topological polar surface area (TPSA) is 79.7 Å². The maximum absolute atomic E-state index is 15.2. The zero-order valence-electron chi connectivity index (χ0n) is 22.9. The van der Waals surface area contributed by atoms with Crippen LogP contribution in [-0.4, -0.2) is 78.6 Å². The molecule has 5 rings (SSSR count). The number of benzene rings is 2. The third kappa shape index (κ3) is 6.10. The highest BCUT2D eigenvalue weighted by molar-refractivity contribution is 7.99. The molecule has 1 aromatic heterocycles. The van der Waals surface area contributed by atoms with Gasteiger partial charge in [-0.15, -0.1) is 11.8 Å². The molecule has 0 bridgehead atoms. The molecular formula is C28H27ClF5N5O3S. The van der Waals surface area contributed by atoms with Crippen LogP contribution in [0.5, 0.6) is 0 Å². The van der Waals surface area contributed by atoms with Crippen LogP contribution in [0.3, 0.4) is 0 Å². The van der Waals surface area contributed by atoms with Crippen molar-refractivity contribution < 1.29 is 31.5 Å². The van der Waals surface area contributed by atoms with Crippen LogP contribution < -0.4 is 15.9 Å². The van der Waals surface area contributed by atoms with Crippen LogP contribution in [0.2, 0.25) is 5.02 Å². The highest BCUT2D eigenvalue weighted by atomic mass is 35.5. The minimum Gasteiger partial charge on any atom is -0.374 e. The zero-order chi connectivity index (χ0) is 31.1. The molecule has 2 aromatic carbocycles. The highest BCUT2D eigenvalue weighted by Crippen LogP contribution is 2.49. The van der Waals surface area contributed by atoms with Crippen molar-refractivity contribution in [1.82, 2.24) is 19.8 Å². The first-order valence-electron chi connectivity index (χ1n) is 13.3. The average molecular weight is 644 g/mol. The van der Waals surface area contributed by atoms with E-state index in [4.69, 9.17) is 16.3 Å². The number of hydrogen-bond donors (Lipinski definition) is 1. The predicted molar refractivity (Wildman–Crippen MR) is 155 cm³/mol. The van der Waals surface area contributed by atoms with Gasteiger partial charge >= 0.3 is 11.9 Å². The number of amides is 1. The number of thioether (sulfide) groups is 1. The summed E-state index contributed by atoms with van der Waals surface area (Å²) in [5, 5.41) is 2.42. The fourth-order valence-corrected chi connectivity index (χ4v) is 6.72. The number of nitrogens with one attached hydrogen (secondary N) is 1. The summed E-state index contributed by atoms with van der Waals surface area (Å²) in [4.78, 5) is 33.0. The number of rotatable bonds is 7. The summed E-state index contributed by atoms with van der Waals surface area (Å²) in [6.45, 7) is 5.13. The molecule has 1 saturated heterocycles. The van der Waals surface area contributed by atoms with Crippen molar-refractivity contribution >= 4 is 46.0 Å². The third-order valence-corrected chi connectivity index (χ3v) is 8.87. The molecule has 3 heterocycles. The monoisotopic (exact) mass is 643 g/mol.